The van der Waals surface area contributed by atoms with Gasteiger partial charge >= 0.3 is 0 Å². The van der Waals surface area contributed by atoms with Gasteiger partial charge in [0, 0.05) is 22.7 Å². The van der Waals surface area contributed by atoms with Crippen LogP contribution >= 0.6 is 24.4 Å². The molecule has 4 aromatic carbocycles. The van der Waals surface area contributed by atoms with E-state index in [1.54, 1.807) is 0 Å². The topological polar surface area (TPSA) is 57.4 Å². The zero-order chi connectivity index (χ0) is 24.6. The van der Waals surface area contributed by atoms with Crippen LogP contribution in [0.4, 0.5) is 22.7 Å². The Hall–Kier alpha value is -3.94. The van der Waals surface area contributed by atoms with Crippen molar-refractivity contribution in [2.45, 2.75) is 13.8 Å². The Labute approximate surface area is 216 Å². The third-order valence-corrected chi connectivity index (χ3v) is 5.49. The number of rotatable bonds is 6. The van der Waals surface area contributed by atoms with E-state index >= 15 is 0 Å². The average molecular weight is 499 g/mol. The van der Waals surface area contributed by atoms with Crippen LogP contribution in [0.1, 0.15) is 11.1 Å². The van der Waals surface area contributed by atoms with Gasteiger partial charge in [0.25, 0.3) is 0 Å². The lowest BCUT2D eigenvalue weighted by molar-refractivity contribution is 0.483. The van der Waals surface area contributed by atoms with E-state index < -0.39 is 0 Å². The van der Waals surface area contributed by atoms with Crippen LogP contribution < -0.4 is 26.0 Å². The van der Waals surface area contributed by atoms with Crippen LogP contribution in [0.15, 0.2) is 97.1 Å². The maximum Gasteiger partial charge on any atom is 0.175 e. The predicted octanol–water partition coefficient (Wildman–Crippen LogP) is 7.71. The fourth-order valence-corrected chi connectivity index (χ4v) is 3.68. The van der Waals surface area contributed by atoms with E-state index in [1.165, 1.54) is 11.1 Å². The summed E-state index contributed by atoms with van der Waals surface area (Å²) in [5.74, 6) is 1.45. The lowest BCUT2D eigenvalue weighted by atomic mass is 10.2. The Balaban J connectivity index is 1.26. The van der Waals surface area contributed by atoms with Gasteiger partial charge in [0.15, 0.2) is 10.2 Å². The van der Waals surface area contributed by atoms with Crippen LogP contribution in [-0.4, -0.2) is 10.2 Å². The molecule has 0 spiro atoms. The number of ether oxygens (including phenoxy) is 1. The van der Waals surface area contributed by atoms with Crippen LogP contribution in [-0.2, 0) is 0 Å². The number of nitrogens with one attached hydrogen (secondary N) is 4. The van der Waals surface area contributed by atoms with Gasteiger partial charge in [-0.25, -0.2) is 0 Å². The molecule has 7 heteroatoms. The molecule has 0 saturated carbocycles. The van der Waals surface area contributed by atoms with E-state index in [2.05, 4.69) is 35.1 Å². The molecule has 4 N–H and O–H groups in total. The van der Waals surface area contributed by atoms with Crippen LogP contribution in [0, 0.1) is 13.8 Å². The molecule has 0 aliphatic carbocycles. The molecule has 0 atom stereocenters. The summed E-state index contributed by atoms with van der Waals surface area (Å²) in [6.45, 7) is 4.10. The molecule has 4 rings (SSSR count). The smallest absolute Gasteiger partial charge is 0.175 e. The van der Waals surface area contributed by atoms with Crippen molar-refractivity contribution >= 4 is 57.4 Å². The quantitative estimate of drug-likeness (QED) is 0.203. The van der Waals surface area contributed by atoms with Gasteiger partial charge in [-0.3, -0.25) is 0 Å². The summed E-state index contributed by atoms with van der Waals surface area (Å²) in [4.78, 5) is 0. The first-order chi connectivity index (χ1) is 16.9. The van der Waals surface area contributed by atoms with Crippen molar-refractivity contribution in [2.75, 3.05) is 21.3 Å². The fraction of sp³-hybridized carbons (Fsp3) is 0.0714. The summed E-state index contributed by atoms with van der Waals surface area (Å²) in [5, 5.41) is 13.8. The number of hydrogen-bond donors (Lipinski definition) is 4. The molecule has 0 aliphatic heterocycles. The molecule has 5 nitrogen and oxygen atoms in total. The monoisotopic (exact) mass is 498 g/mol. The molecule has 0 bridgehead atoms. The summed E-state index contributed by atoms with van der Waals surface area (Å²) in [6.07, 6.45) is 0. The standard InChI is InChI=1S/C28H26N4OS2/c1-19-3-7-21(8-4-19)29-27(34)31-23-11-15-25(16-12-23)33-26-17-13-24(14-18-26)32-28(35)30-22-9-5-20(2)6-10-22/h3-18H,1-2H3,(H2,29,31,34)(H2,30,32,35). The van der Waals surface area contributed by atoms with E-state index in [0.29, 0.717) is 10.2 Å². The Morgan fingerprint density at radius 1 is 0.457 bits per heavy atom. The molecule has 35 heavy (non-hydrogen) atoms. The highest BCUT2D eigenvalue weighted by atomic mass is 32.1. The third kappa shape index (κ3) is 7.53. The molecule has 0 aliphatic rings. The van der Waals surface area contributed by atoms with Gasteiger partial charge in [-0.15, -0.1) is 0 Å². The first-order valence-corrected chi connectivity index (χ1v) is 11.9. The van der Waals surface area contributed by atoms with Crippen molar-refractivity contribution in [3.8, 4) is 11.5 Å². The van der Waals surface area contributed by atoms with Crippen LogP contribution in [0.3, 0.4) is 0 Å². The Bertz CT molecular complexity index is 1180. The van der Waals surface area contributed by atoms with Crippen LogP contribution in [0.2, 0.25) is 0 Å². The predicted molar refractivity (Wildman–Crippen MR) is 155 cm³/mol. The molecular weight excluding hydrogens is 472 g/mol. The molecule has 0 aromatic heterocycles. The number of aryl methyl sites for hydroxylation is 2. The number of anilines is 4. The lowest BCUT2D eigenvalue weighted by Crippen LogP contribution is -2.18. The second kappa shape index (κ2) is 11.5. The molecule has 4 aromatic rings. The van der Waals surface area contributed by atoms with Gasteiger partial charge in [0.2, 0.25) is 0 Å². The molecule has 176 valence electrons. The maximum absolute atomic E-state index is 5.96. The fourth-order valence-electron chi connectivity index (χ4n) is 3.21. The Kier molecular flexibility index (Phi) is 7.92. The van der Waals surface area contributed by atoms with Crippen molar-refractivity contribution in [2.24, 2.45) is 0 Å². The molecular formula is C28H26N4OS2. The molecule has 0 saturated heterocycles. The van der Waals surface area contributed by atoms with Gasteiger partial charge in [-0.05, 0) is 111 Å². The second-order valence-electron chi connectivity index (χ2n) is 8.04. The van der Waals surface area contributed by atoms with Gasteiger partial charge in [0.05, 0.1) is 0 Å². The number of hydrogen-bond acceptors (Lipinski definition) is 3. The van der Waals surface area contributed by atoms with Gasteiger partial charge in [-0.2, -0.15) is 0 Å². The largest absolute Gasteiger partial charge is 0.457 e. The average Bonchev–Trinajstić information content (AvgIpc) is 2.84. The summed E-state index contributed by atoms with van der Waals surface area (Å²) in [5.41, 5.74) is 6.03. The minimum absolute atomic E-state index is 0.528. The molecule has 0 radical (unpaired) electrons. The van der Waals surface area contributed by atoms with E-state index in [4.69, 9.17) is 29.2 Å². The van der Waals surface area contributed by atoms with E-state index in [-0.39, 0.29) is 0 Å². The number of benzene rings is 4. The van der Waals surface area contributed by atoms with Crippen molar-refractivity contribution < 1.29 is 4.74 Å². The van der Waals surface area contributed by atoms with Crippen LogP contribution in [0.25, 0.3) is 0 Å². The molecule has 0 fully saturated rings. The second-order valence-corrected chi connectivity index (χ2v) is 8.86. The SMILES string of the molecule is Cc1ccc(NC(=S)Nc2ccc(Oc3ccc(NC(=S)Nc4ccc(C)cc4)cc3)cc2)cc1. The highest BCUT2D eigenvalue weighted by molar-refractivity contribution is 7.81. The van der Waals surface area contributed by atoms with Crippen molar-refractivity contribution in [1.29, 1.82) is 0 Å². The van der Waals surface area contributed by atoms with E-state index in [9.17, 15) is 0 Å². The minimum Gasteiger partial charge on any atom is -0.457 e. The maximum atomic E-state index is 5.96. The lowest BCUT2D eigenvalue weighted by Gasteiger charge is -2.12. The van der Waals surface area contributed by atoms with Crippen molar-refractivity contribution in [1.82, 2.24) is 0 Å². The highest BCUT2D eigenvalue weighted by Crippen LogP contribution is 2.25. The van der Waals surface area contributed by atoms with Gasteiger partial charge in [-0.1, -0.05) is 35.4 Å². The Morgan fingerprint density at radius 2 is 0.714 bits per heavy atom. The summed E-state index contributed by atoms with van der Waals surface area (Å²) >= 11 is 10.8. The minimum atomic E-state index is 0.528. The van der Waals surface area contributed by atoms with Crippen molar-refractivity contribution in [3.63, 3.8) is 0 Å². The molecule has 0 heterocycles. The zero-order valence-corrected chi connectivity index (χ0v) is 21.1. The van der Waals surface area contributed by atoms with E-state index in [1.807, 2.05) is 97.1 Å². The first kappa shape index (κ1) is 24.2. The van der Waals surface area contributed by atoms with Crippen LogP contribution in [0.5, 0.6) is 11.5 Å². The third-order valence-electron chi connectivity index (χ3n) is 5.08. The normalized spacial score (nSPS) is 10.2. The summed E-state index contributed by atoms with van der Waals surface area (Å²) in [6, 6.07) is 31.4. The van der Waals surface area contributed by atoms with Gasteiger partial charge < -0.3 is 26.0 Å². The zero-order valence-electron chi connectivity index (χ0n) is 19.5. The summed E-state index contributed by atoms with van der Waals surface area (Å²) in [7, 11) is 0. The van der Waals surface area contributed by atoms with E-state index in [0.717, 1.165) is 34.2 Å². The first-order valence-electron chi connectivity index (χ1n) is 11.1. The number of thiocarbonyl (C=S) groups is 2. The van der Waals surface area contributed by atoms with Crippen molar-refractivity contribution in [3.05, 3.63) is 108 Å². The molecule has 0 amide bonds. The van der Waals surface area contributed by atoms with Gasteiger partial charge in [0.1, 0.15) is 11.5 Å². The Morgan fingerprint density at radius 3 is 1.00 bits per heavy atom. The summed E-state index contributed by atoms with van der Waals surface area (Å²) < 4.78 is 5.96. The highest BCUT2D eigenvalue weighted by Gasteiger charge is 2.03. The molecule has 0 unspecified atom stereocenters.